The Morgan fingerprint density at radius 3 is 2.76 bits per heavy atom. The summed E-state index contributed by atoms with van der Waals surface area (Å²) in [6.07, 6.45) is 2.51. The summed E-state index contributed by atoms with van der Waals surface area (Å²) in [4.78, 5) is 41.6. The minimum atomic E-state index is -1.08. The predicted octanol–water partition coefficient (Wildman–Crippen LogP) is 2.82. The Balaban J connectivity index is 1.27. The van der Waals surface area contributed by atoms with Crippen LogP contribution in [0.5, 0.6) is 0 Å². The lowest BCUT2D eigenvalue weighted by Gasteiger charge is -2.26. The number of nitrogen functional groups attached to an aromatic ring is 1. The highest BCUT2D eigenvalue weighted by Crippen LogP contribution is 2.35. The molecule has 202 valence electrons. The van der Waals surface area contributed by atoms with Crippen LogP contribution in [-0.4, -0.2) is 69.4 Å². The number of nitrogens with one attached hydrogen (secondary N) is 2. The van der Waals surface area contributed by atoms with Crippen molar-refractivity contribution < 1.29 is 19.4 Å². The van der Waals surface area contributed by atoms with Crippen molar-refractivity contribution in [3.63, 3.8) is 0 Å². The fourth-order valence-corrected chi connectivity index (χ4v) is 6.50. The SMILES string of the molecule is Cc1cc(C)c2c(N)c(C(=O)N[C@H]3CCc4nc(N5C[C@H](NC(=O)O)[C@@H](OC(C)C)C5)ncc4C3)sc2n1. The molecule has 0 bridgehead atoms. The van der Waals surface area contributed by atoms with Gasteiger partial charge in [-0.2, -0.15) is 0 Å². The number of fused-ring (bicyclic) bond motifs is 2. The summed E-state index contributed by atoms with van der Waals surface area (Å²) in [6.45, 7) is 8.72. The van der Waals surface area contributed by atoms with Gasteiger partial charge in [-0.1, -0.05) is 0 Å². The van der Waals surface area contributed by atoms with Gasteiger partial charge in [0.15, 0.2) is 0 Å². The number of carbonyl (C=O) groups excluding carboxylic acids is 1. The number of carboxylic acid groups (broad SMARTS) is 1. The van der Waals surface area contributed by atoms with Gasteiger partial charge in [0.25, 0.3) is 5.91 Å². The van der Waals surface area contributed by atoms with Crippen LogP contribution in [0, 0.1) is 13.8 Å². The number of thiophene rings is 1. The minimum absolute atomic E-state index is 0.0260. The first kappa shape index (κ1) is 26.1. The van der Waals surface area contributed by atoms with E-state index in [4.69, 9.17) is 15.5 Å². The summed E-state index contributed by atoms with van der Waals surface area (Å²) in [7, 11) is 0. The van der Waals surface area contributed by atoms with Crippen molar-refractivity contribution in [2.45, 2.75) is 71.2 Å². The lowest BCUT2D eigenvalue weighted by atomic mass is 9.93. The van der Waals surface area contributed by atoms with Crippen LogP contribution in [-0.2, 0) is 17.6 Å². The average molecular weight is 540 g/mol. The number of nitrogens with two attached hydrogens (primary N) is 1. The number of pyridine rings is 1. The Morgan fingerprint density at radius 2 is 2.03 bits per heavy atom. The predicted molar refractivity (Wildman–Crippen MR) is 146 cm³/mol. The van der Waals surface area contributed by atoms with Crippen LogP contribution in [0.2, 0.25) is 0 Å². The molecule has 1 saturated heterocycles. The second-order valence-electron chi connectivity index (χ2n) is 10.3. The van der Waals surface area contributed by atoms with Crippen LogP contribution in [0.3, 0.4) is 0 Å². The van der Waals surface area contributed by atoms with E-state index in [1.807, 2.05) is 44.9 Å². The van der Waals surface area contributed by atoms with Gasteiger partial charge in [-0.3, -0.25) is 4.79 Å². The zero-order valence-corrected chi connectivity index (χ0v) is 22.8. The number of hydrogen-bond acceptors (Lipinski definition) is 9. The number of anilines is 2. The average Bonchev–Trinajstić information content (AvgIpc) is 3.38. The second-order valence-corrected chi connectivity index (χ2v) is 11.3. The standard InChI is InChI=1S/C26H33N7O4S/c1-12(2)37-19-11-33(10-18(19)32-26(35)36)25-28-9-15-8-16(5-6-17(15)31-25)30-23(34)22-21(27)20-13(3)7-14(4)29-24(20)38-22/h7,9,12,16,18-19,32H,5-6,8,10-11,27H2,1-4H3,(H,30,34)(H,35,36)/t16-,18-,19-/m0/s1. The maximum atomic E-state index is 13.1. The molecule has 2 aliphatic rings. The first-order chi connectivity index (χ1) is 18.1. The van der Waals surface area contributed by atoms with Gasteiger partial charge in [0, 0.05) is 42.1 Å². The summed E-state index contributed by atoms with van der Waals surface area (Å²) >= 11 is 1.33. The summed E-state index contributed by atoms with van der Waals surface area (Å²) in [5, 5.41) is 15.8. The number of amides is 2. The van der Waals surface area contributed by atoms with Gasteiger partial charge in [0.1, 0.15) is 9.71 Å². The monoisotopic (exact) mass is 539 g/mol. The number of nitrogens with zero attached hydrogens (tertiary/aromatic N) is 4. The molecule has 1 fully saturated rings. The Bertz CT molecular complexity index is 1390. The highest BCUT2D eigenvalue weighted by molar-refractivity contribution is 7.21. The molecule has 2 amide bonds. The van der Waals surface area contributed by atoms with E-state index in [-0.39, 0.29) is 30.2 Å². The number of aromatic nitrogens is 3. The van der Waals surface area contributed by atoms with Crippen LogP contribution in [0.1, 0.15) is 52.5 Å². The number of ether oxygens (including phenoxy) is 1. The van der Waals surface area contributed by atoms with E-state index >= 15 is 0 Å². The van der Waals surface area contributed by atoms with Crippen molar-refractivity contribution in [3.05, 3.63) is 39.7 Å². The van der Waals surface area contributed by atoms with Crippen molar-refractivity contribution >= 4 is 45.2 Å². The molecule has 0 saturated carbocycles. The molecule has 1 aliphatic heterocycles. The molecule has 0 radical (unpaired) electrons. The number of rotatable bonds is 6. The van der Waals surface area contributed by atoms with Crippen molar-refractivity contribution in [2.24, 2.45) is 0 Å². The number of hydrogen-bond donors (Lipinski definition) is 4. The van der Waals surface area contributed by atoms with E-state index in [1.165, 1.54) is 11.3 Å². The van der Waals surface area contributed by atoms with Gasteiger partial charge in [0.2, 0.25) is 5.95 Å². The molecule has 38 heavy (non-hydrogen) atoms. The van der Waals surface area contributed by atoms with Crippen LogP contribution in [0.4, 0.5) is 16.4 Å². The summed E-state index contributed by atoms with van der Waals surface area (Å²) in [6, 6.07) is 1.56. The number of aryl methyl sites for hydroxylation is 3. The molecule has 0 spiro atoms. The Kier molecular flexibility index (Phi) is 7.10. The maximum absolute atomic E-state index is 13.1. The molecule has 5 rings (SSSR count). The van der Waals surface area contributed by atoms with Crippen LogP contribution < -0.4 is 21.3 Å². The van der Waals surface area contributed by atoms with Gasteiger partial charge >= 0.3 is 6.09 Å². The van der Waals surface area contributed by atoms with Gasteiger partial charge in [-0.25, -0.2) is 19.7 Å². The molecule has 0 unspecified atom stereocenters. The van der Waals surface area contributed by atoms with E-state index in [0.29, 0.717) is 42.4 Å². The smallest absolute Gasteiger partial charge is 0.405 e. The molecule has 1 aliphatic carbocycles. The molecular weight excluding hydrogens is 506 g/mol. The third-order valence-electron chi connectivity index (χ3n) is 7.01. The molecule has 11 nitrogen and oxygen atoms in total. The molecule has 5 N–H and O–H groups in total. The molecule has 3 atom stereocenters. The highest BCUT2D eigenvalue weighted by Gasteiger charge is 2.37. The first-order valence-corrected chi connectivity index (χ1v) is 13.6. The van der Waals surface area contributed by atoms with Crippen LogP contribution in [0.25, 0.3) is 10.2 Å². The maximum Gasteiger partial charge on any atom is 0.405 e. The Labute approximate surface area is 224 Å². The quantitative estimate of drug-likeness (QED) is 0.370. The summed E-state index contributed by atoms with van der Waals surface area (Å²) < 4.78 is 5.94. The molecule has 3 aromatic rings. The molecule has 3 aromatic heterocycles. The molecule has 4 heterocycles. The lowest BCUT2D eigenvalue weighted by Crippen LogP contribution is -2.44. The van der Waals surface area contributed by atoms with Crippen molar-refractivity contribution in [3.8, 4) is 0 Å². The van der Waals surface area contributed by atoms with Gasteiger partial charge in [-0.05, 0) is 64.2 Å². The normalized spacial score (nSPS) is 21.1. The molecule has 12 heteroatoms. The topological polar surface area (TPSA) is 156 Å². The van der Waals surface area contributed by atoms with Gasteiger partial charge in [-0.15, -0.1) is 11.3 Å². The Hall–Kier alpha value is -3.51. The van der Waals surface area contributed by atoms with E-state index in [2.05, 4.69) is 20.6 Å². The third kappa shape index (κ3) is 5.23. The fourth-order valence-electron chi connectivity index (χ4n) is 5.38. The zero-order chi connectivity index (χ0) is 27.1. The largest absolute Gasteiger partial charge is 0.465 e. The van der Waals surface area contributed by atoms with E-state index in [1.54, 1.807) is 0 Å². The van der Waals surface area contributed by atoms with Crippen LogP contribution in [0.15, 0.2) is 12.3 Å². The zero-order valence-electron chi connectivity index (χ0n) is 21.9. The van der Waals surface area contributed by atoms with E-state index in [9.17, 15) is 14.7 Å². The second kappa shape index (κ2) is 10.3. The van der Waals surface area contributed by atoms with Gasteiger partial charge < -0.3 is 31.1 Å². The first-order valence-electron chi connectivity index (χ1n) is 12.8. The third-order valence-corrected chi connectivity index (χ3v) is 8.11. The van der Waals surface area contributed by atoms with Crippen molar-refractivity contribution in [1.82, 2.24) is 25.6 Å². The summed E-state index contributed by atoms with van der Waals surface area (Å²) in [5.74, 6) is 0.383. The van der Waals surface area contributed by atoms with Crippen molar-refractivity contribution in [2.75, 3.05) is 23.7 Å². The molecule has 0 aromatic carbocycles. The lowest BCUT2D eigenvalue weighted by molar-refractivity contribution is 0.00694. The van der Waals surface area contributed by atoms with Gasteiger partial charge in [0.05, 0.1) is 23.9 Å². The van der Waals surface area contributed by atoms with E-state index in [0.717, 1.165) is 39.2 Å². The Morgan fingerprint density at radius 1 is 1.24 bits per heavy atom. The minimum Gasteiger partial charge on any atom is -0.465 e. The molecular formula is C26H33N7O4S. The van der Waals surface area contributed by atoms with Crippen LogP contribution >= 0.6 is 11.3 Å². The summed E-state index contributed by atoms with van der Waals surface area (Å²) in [5.41, 5.74) is 10.7. The highest BCUT2D eigenvalue weighted by atomic mass is 32.1. The van der Waals surface area contributed by atoms with E-state index < -0.39 is 6.09 Å². The number of carbonyl (C=O) groups is 2. The fraction of sp³-hybridized carbons (Fsp3) is 0.500. The van der Waals surface area contributed by atoms with Crippen molar-refractivity contribution in [1.29, 1.82) is 0 Å².